The highest BCUT2D eigenvalue weighted by Gasteiger charge is 2.17. The van der Waals surface area contributed by atoms with Crippen LogP contribution >= 0.6 is 23.2 Å². The maximum absolute atomic E-state index is 16.0. The van der Waals surface area contributed by atoms with E-state index in [-0.39, 0.29) is 17.9 Å². The zero-order valence-electron chi connectivity index (χ0n) is 22.0. The van der Waals surface area contributed by atoms with Crippen molar-refractivity contribution < 1.29 is 19.0 Å². The number of benzene rings is 4. The molecule has 0 spiro atoms. The molecule has 206 valence electrons. The summed E-state index contributed by atoms with van der Waals surface area (Å²) in [6.45, 7) is 2.72. The van der Waals surface area contributed by atoms with Gasteiger partial charge in [-0.05, 0) is 60.5 Å². The molecule has 5 aromatic rings. The van der Waals surface area contributed by atoms with Gasteiger partial charge in [0, 0.05) is 34.5 Å². The molecule has 1 N–H and O–H groups in total. The second-order valence-corrected chi connectivity index (χ2v) is 10.1. The first-order valence-electron chi connectivity index (χ1n) is 12.9. The van der Waals surface area contributed by atoms with Gasteiger partial charge in [-0.3, -0.25) is 0 Å². The number of carboxylic acid groups (broad SMARTS) is 1. The first-order valence-corrected chi connectivity index (χ1v) is 13.6. The molecular weight excluding hydrogens is 562 g/mol. The molecule has 0 saturated heterocycles. The van der Waals surface area contributed by atoms with E-state index in [1.54, 1.807) is 42.5 Å². The van der Waals surface area contributed by atoms with E-state index in [1.165, 1.54) is 12.1 Å². The molecule has 0 saturated carbocycles. The van der Waals surface area contributed by atoms with Gasteiger partial charge in [-0.2, -0.15) is 0 Å². The number of hydrogen-bond acceptors (Lipinski definition) is 3. The molecular formula is C33H25Cl2FN2O3. The Morgan fingerprint density at radius 3 is 2.39 bits per heavy atom. The number of ether oxygens (including phenoxy) is 1. The first-order chi connectivity index (χ1) is 19.8. The van der Waals surface area contributed by atoms with Crippen molar-refractivity contribution in [3.05, 3.63) is 130 Å². The Labute approximate surface area is 247 Å². The third-order valence-corrected chi connectivity index (χ3v) is 7.11. The molecule has 41 heavy (non-hydrogen) atoms. The van der Waals surface area contributed by atoms with Gasteiger partial charge in [0.2, 0.25) is 0 Å². The molecule has 0 aliphatic carbocycles. The van der Waals surface area contributed by atoms with Crippen molar-refractivity contribution in [2.75, 3.05) is 0 Å². The van der Waals surface area contributed by atoms with Crippen molar-refractivity contribution in [1.82, 2.24) is 9.55 Å². The maximum Gasteiger partial charge on any atom is 0.335 e. The number of aryl methyl sites for hydroxylation is 1. The number of hydrogen-bond donors (Lipinski definition) is 1. The number of nitrogens with zero attached hydrogens (tertiary/aromatic N) is 2. The largest absolute Gasteiger partial charge is 0.485 e. The average Bonchev–Trinajstić information content (AvgIpc) is 3.39. The van der Waals surface area contributed by atoms with E-state index in [1.807, 2.05) is 60.2 Å². The smallest absolute Gasteiger partial charge is 0.335 e. The highest BCUT2D eigenvalue weighted by Crippen LogP contribution is 2.35. The van der Waals surface area contributed by atoms with Crippen molar-refractivity contribution in [1.29, 1.82) is 0 Å². The van der Waals surface area contributed by atoms with Crippen LogP contribution in [0.15, 0.2) is 91.1 Å². The van der Waals surface area contributed by atoms with Gasteiger partial charge in [-0.15, -0.1) is 0 Å². The number of halogens is 3. The van der Waals surface area contributed by atoms with Crippen LogP contribution in [0.4, 0.5) is 4.39 Å². The first kappa shape index (κ1) is 28.1. The Kier molecular flexibility index (Phi) is 8.53. The highest BCUT2D eigenvalue weighted by atomic mass is 35.5. The fourth-order valence-electron chi connectivity index (χ4n) is 4.40. The lowest BCUT2D eigenvalue weighted by Crippen LogP contribution is -2.02. The molecule has 5 nitrogen and oxygen atoms in total. The molecule has 0 unspecified atom stereocenters. The summed E-state index contributed by atoms with van der Waals surface area (Å²) in [4.78, 5) is 15.9. The van der Waals surface area contributed by atoms with E-state index < -0.39 is 11.8 Å². The van der Waals surface area contributed by atoms with Gasteiger partial charge < -0.3 is 14.4 Å². The third-order valence-electron chi connectivity index (χ3n) is 6.56. The lowest BCUT2D eigenvalue weighted by Gasteiger charge is -2.14. The molecule has 0 aliphatic heterocycles. The second-order valence-electron chi connectivity index (χ2n) is 9.23. The van der Waals surface area contributed by atoms with E-state index in [0.717, 1.165) is 11.1 Å². The zero-order chi connectivity index (χ0) is 28.9. The highest BCUT2D eigenvalue weighted by molar-refractivity contribution is 6.36. The summed E-state index contributed by atoms with van der Waals surface area (Å²) in [6, 6.07) is 24.3. The van der Waals surface area contributed by atoms with E-state index in [9.17, 15) is 4.79 Å². The van der Waals surface area contributed by atoms with E-state index in [4.69, 9.17) is 38.0 Å². The number of carboxylic acids is 1. The summed E-state index contributed by atoms with van der Waals surface area (Å²) in [6.07, 6.45) is 5.48. The van der Waals surface area contributed by atoms with Gasteiger partial charge in [-0.1, -0.05) is 77.8 Å². The molecule has 0 amide bonds. The fourth-order valence-corrected chi connectivity index (χ4v) is 4.90. The maximum atomic E-state index is 16.0. The van der Waals surface area contributed by atoms with Gasteiger partial charge in [0.25, 0.3) is 0 Å². The van der Waals surface area contributed by atoms with Crippen molar-refractivity contribution in [2.24, 2.45) is 0 Å². The van der Waals surface area contributed by atoms with Gasteiger partial charge in [0.05, 0.1) is 16.3 Å². The molecule has 1 heterocycles. The molecule has 0 bridgehead atoms. The van der Waals surface area contributed by atoms with Crippen molar-refractivity contribution >= 4 is 41.3 Å². The Morgan fingerprint density at radius 1 is 0.976 bits per heavy atom. The fraction of sp³-hybridized carbons (Fsp3) is 0.0909. The molecule has 8 heteroatoms. The summed E-state index contributed by atoms with van der Waals surface area (Å²) in [5, 5.41) is 10.2. The van der Waals surface area contributed by atoms with Crippen molar-refractivity contribution in [2.45, 2.75) is 20.1 Å². The van der Waals surface area contributed by atoms with Crippen LogP contribution < -0.4 is 4.74 Å². The normalized spacial score (nSPS) is 11.2. The second kappa shape index (κ2) is 12.4. The number of rotatable bonds is 9. The van der Waals surface area contributed by atoms with Gasteiger partial charge in [0.15, 0.2) is 11.6 Å². The molecule has 0 fully saturated rings. The minimum atomic E-state index is -1.02. The molecule has 0 aliphatic rings. The van der Waals surface area contributed by atoms with Crippen LogP contribution in [0, 0.1) is 5.82 Å². The summed E-state index contributed by atoms with van der Waals surface area (Å²) in [5.74, 6) is -0.761. The standard InChI is InChI=1S/C33H25Cl2FN2O3/c1-2-38-19-29(27-16-14-25(34)18-28(27)35)37-30(38)17-13-23-12-15-26(22-6-4-3-5-7-22)31(36)32(23)41-20-21-8-10-24(11-9-21)33(39)40/h3-19H,2,20H2,1H3,(H,39,40)/b17-13+. The molecule has 0 radical (unpaired) electrons. The van der Waals surface area contributed by atoms with Crippen LogP contribution in [0.5, 0.6) is 5.75 Å². The van der Waals surface area contributed by atoms with E-state index in [0.29, 0.717) is 44.8 Å². The van der Waals surface area contributed by atoms with Crippen LogP contribution in [0.2, 0.25) is 10.0 Å². The molecule has 0 atom stereocenters. The minimum absolute atomic E-state index is 0.0543. The Bertz CT molecular complexity index is 1730. The number of imidazole rings is 1. The minimum Gasteiger partial charge on any atom is -0.485 e. The van der Waals surface area contributed by atoms with Crippen molar-refractivity contribution in [3.63, 3.8) is 0 Å². The average molecular weight is 587 g/mol. The Hall–Kier alpha value is -4.39. The van der Waals surface area contributed by atoms with Gasteiger partial charge in [-0.25, -0.2) is 14.2 Å². The Balaban J connectivity index is 1.50. The van der Waals surface area contributed by atoms with Gasteiger partial charge >= 0.3 is 5.97 Å². The quantitative estimate of drug-likeness (QED) is 0.187. The predicted octanol–water partition coefficient (Wildman–Crippen LogP) is 9.13. The lowest BCUT2D eigenvalue weighted by atomic mass is 10.0. The lowest BCUT2D eigenvalue weighted by molar-refractivity contribution is 0.0697. The Morgan fingerprint density at radius 2 is 1.71 bits per heavy atom. The van der Waals surface area contributed by atoms with Crippen LogP contribution in [-0.4, -0.2) is 20.6 Å². The molecule has 1 aromatic heterocycles. The van der Waals surface area contributed by atoms with Gasteiger partial charge in [0.1, 0.15) is 12.4 Å². The van der Waals surface area contributed by atoms with E-state index >= 15 is 4.39 Å². The predicted molar refractivity (Wildman–Crippen MR) is 162 cm³/mol. The summed E-state index contributed by atoms with van der Waals surface area (Å²) in [7, 11) is 0. The SMILES string of the molecule is CCn1cc(-c2ccc(Cl)cc2Cl)nc1/C=C/c1ccc(-c2ccccc2)c(F)c1OCc1ccc(C(=O)O)cc1. The van der Waals surface area contributed by atoms with Crippen LogP contribution in [-0.2, 0) is 13.2 Å². The number of aromatic carboxylic acids is 1. The number of aromatic nitrogens is 2. The molecule has 4 aromatic carbocycles. The monoisotopic (exact) mass is 586 g/mol. The summed E-state index contributed by atoms with van der Waals surface area (Å²) < 4.78 is 24.0. The number of carbonyl (C=O) groups is 1. The summed E-state index contributed by atoms with van der Waals surface area (Å²) in [5.41, 5.74) is 3.99. The molecule has 5 rings (SSSR count). The third kappa shape index (κ3) is 6.35. The zero-order valence-corrected chi connectivity index (χ0v) is 23.5. The van der Waals surface area contributed by atoms with Crippen LogP contribution in [0.1, 0.15) is 34.2 Å². The van der Waals surface area contributed by atoms with Crippen molar-refractivity contribution in [3.8, 4) is 28.1 Å². The summed E-state index contributed by atoms with van der Waals surface area (Å²) >= 11 is 12.5. The van der Waals surface area contributed by atoms with E-state index in [2.05, 4.69) is 0 Å². The van der Waals surface area contributed by atoms with Crippen LogP contribution in [0.25, 0.3) is 34.5 Å². The topological polar surface area (TPSA) is 64.4 Å². The van der Waals surface area contributed by atoms with Crippen LogP contribution in [0.3, 0.4) is 0 Å².